The summed E-state index contributed by atoms with van der Waals surface area (Å²) in [5.41, 5.74) is -0.293. The molecular weight excluding hydrogens is 289 g/mol. The van der Waals surface area contributed by atoms with Crippen molar-refractivity contribution >= 4 is 21.8 Å². The fourth-order valence-electron chi connectivity index (χ4n) is 1.38. The van der Waals surface area contributed by atoms with E-state index in [0.29, 0.717) is 12.5 Å². The molecule has 17 heavy (non-hydrogen) atoms. The third-order valence-corrected chi connectivity index (χ3v) is 2.89. The first-order valence-electron chi connectivity index (χ1n) is 5.38. The lowest BCUT2D eigenvalue weighted by Gasteiger charge is -2.12. The summed E-state index contributed by atoms with van der Waals surface area (Å²) in [6.45, 7) is 2.45. The van der Waals surface area contributed by atoms with Gasteiger partial charge < -0.3 is 10.4 Å². The van der Waals surface area contributed by atoms with Crippen LogP contribution < -0.4 is 5.32 Å². The zero-order valence-corrected chi connectivity index (χ0v) is 11.1. The fraction of sp³-hybridized carbons (Fsp3) is 0.417. The number of amides is 1. The van der Waals surface area contributed by atoms with Gasteiger partial charge in [0.25, 0.3) is 5.91 Å². The summed E-state index contributed by atoms with van der Waals surface area (Å²) in [6, 6.07) is 3.80. The van der Waals surface area contributed by atoms with Crippen LogP contribution in [-0.2, 0) is 0 Å². The lowest BCUT2D eigenvalue weighted by molar-refractivity contribution is 0.0941. The van der Waals surface area contributed by atoms with Gasteiger partial charge in [0.15, 0.2) is 0 Å². The highest BCUT2D eigenvalue weighted by atomic mass is 79.9. The average Bonchev–Trinajstić information content (AvgIpc) is 2.26. The van der Waals surface area contributed by atoms with Crippen LogP contribution in [-0.4, -0.2) is 22.9 Å². The molecule has 1 aromatic rings. The summed E-state index contributed by atoms with van der Waals surface area (Å²) in [7, 11) is 0. The van der Waals surface area contributed by atoms with Crippen LogP contribution in [0.5, 0.6) is 5.75 Å². The maximum atomic E-state index is 13.3. The Hall–Kier alpha value is -1.10. The van der Waals surface area contributed by atoms with Crippen LogP contribution in [0.4, 0.5) is 4.39 Å². The molecule has 1 amide bonds. The van der Waals surface area contributed by atoms with Crippen LogP contribution in [0.2, 0.25) is 0 Å². The molecule has 0 saturated carbocycles. The van der Waals surface area contributed by atoms with Crippen molar-refractivity contribution in [2.45, 2.75) is 13.3 Å². The molecule has 0 aliphatic rings. The summed E-state index contributed by atoms with van der Waals surface area (Å²) in [4.78, 5) is 11.7. The second-order valence-corrected chi connectivity index (χ2v) is 4.72. The Bertz CT molecular complexity index is 378. The number of aromatic hydroxyl groups is 1. The number of halogens is 2. The zero-order valence-electron chi connectivity index (χ0n) is 9.54. The lowest BCUT2D eigenvalue weighted by atomic mass is 10.1. The average molecular weight is 304 g/mol. The van der Waals surface area contributed by atoms with Gasteiger partial charge in [-0.1, -0.05) is 28.9 Å². The Kier molecular flexibility index (Phi) is 5.41. The molecule has 0 aromatic heterocycles. The number of phenols is 1. The maximum absolute atomic E-state index is 13.3. The van der Waals surface area contributed by atoms with Crippen LogP contribution in [0.25, 0.3) is 0 Å². The number of phenolic OH excluding ortho intramolecular Hbond substituents is 1. The van der Waals surface area contributed by atoms with E-state index in [1.807, 2.05) is 6.92 Å². The Labute approximate surface area is 108 Å². The second-order valence-electron chi connectivity index (χ2n) is 3.93. The van der Waals surface area contributed by atoms with Gasteiger partial charge >= 0.3 is 0 Å². The number of benzene rings is 1. The molecule has 0 heterocycles. The van der Waals surface area contributed by atoms with Crippen molar-refractivity contribution in [3.05, 3.63) is 29.6 Å². The van der Waals surface area contributed by atoms with Crippen molar-refractivity contribution < 1.29 is 14.3 Å². The van der Waals surface area contributed by atoms with E-state index in [2.05, 4.69) is 21.2 Å². The number of rotatable bonds is 5. The molecule has 5 heteroatoms. The van der Waals surface area contributed by atoms with E-state index in [9.17, 15) is 14.3 Å². The number of hydrogen-bond acceptors (Lipinski definition) is 2. The first-order chi connectivity index (χ1) is 8.06. The molecule has 0 radical (unpaired) electrons. The van der Waals surface area contributed by atoms with Gasteiger partial charge in [-0.25, -0.2) is 4.39 Å². The predicted octanol–water partition coefficient (Wildman–Crippen LogP) is 2.68. The smallest absolute Gasteiger partial charge is 0.258 e. The van der Waals surface area contributed by atoms with Crippen molar-refractivity contribution in [1.29, 1.82) is 0 Å². The molecule has 0 bridgehead atoms. The van der Waals surface area contributed by atoms with Gasteiger partial charge in [0, 0.05) is 11.9 Å². The van der Waals surface area contributed by atoms with E-state index in [1.165, 1.54) is 12.1 Å². The first kappa shape index (κ1) is 14.0. The fourth-order valence-corrected chi connectivity index (χ4v) is 2.16. The number of hydrogen-bond donors (Lipinski definition) is 2. The minimum atomic E-state index is -0.712. The number of alkyl halides is 1. The Morgan fingerprint density at radius 1 is 1.59 bits per heavy atom. The summed E-state index contributed by atoms with van der Waals surface area (Å²) in [5, 5.41) is 12.9. The van der Waals surface area contributed by atoms with Gasteiger partial charge in [0.2, 0.25) is 0 Å². The van der Waals surface area contributed by atoms with Gasteiger partial charge in [-0.05, 0) is 24.5 Å². The topological polar surface area (TPSA) is 49.3 Å². The molecule has 2 N–H and O–H groups in total. The van der Waals surface area contributed by atoms with Crippen molar-refractivity contribution in [2.24, 2.45) is 5.92 Å². The summed E-state index contributed by atoms with van der Waals surface area (Å²) >= 11 is 3.31. The van der Waals surface area contributed by atoms with Gasteiger partial charge in [0.05, 0.1) is 0 Å². The highest BCUT2D eigenvalue weighted by Gasteiger charge is 2.16. The number of carbonyl (C=O) groups is 1. The summed E-state index contributed by atoms with van der Waals surface area (Å²) < 4.78 is 13.3. The van der Waals surface area contributed by atoms with Crippen molar-refractivity contribution in [2.75, 3.05) is 11.9 Å². The van der Waals surface area contributed by atoms with E-state index in [0.717, 1.165) is 17.8 Å². The van der Waals surface area contributed by atoms with Crippen LogP contribution in [0.3, 0.4) is 0 Å². The molecule has 1 unspecified atom stereocenters. The van der Waals surface area contributed by atoms with Gasteiger partial charge in [-0.15, -0.1) is 0 Å². The van der Waals surface area contributed by atoms with Crippen molar-refractivity contribution in [1.82, 2.24) is 5.32 Å². The predicted molar refractivity (Wildman–Crippen MR) is 68.0 cm³/mol. The molecule has 94 valence electrons. The maximum Gasteiger partial charge on any atom is 0.258 e. The Balaban J connectivity index is 2.64. The molecular formula is C12H15BrFNO2. The minimum Gasteiger partial charge on any atom is -0.507 e. The van der Waals surface area contributed by atoms with Gasteiger partial charge in [0.1, 0.15) is 17.1 Å². The van der Waals surface area contributed by atoms with Crippen LogP contribution in [0.15, 0.2) is 18.2 Å². The van der Waals surface area contributed by atoms with E-state index in [4.69, 9.17) is 0 Å². The SMILES string of the molecule is CC(CCBr)CNC(=O)c1c(O)cccc1F. The largest absolute Gasteiger partial charge is 0.507 e. The minimum absolute atomic E-state index is 0.293. The summed E-state index contributed by atoms with van der Waals surface area (Å²) in [5.74, 6) is -1.33. The molecule has 0 aliphatic carbocycles. The second kappa shape index (κ2) is 6.59. The zero-order chi connectivity index (χ0) is 12.8. The standard InChI is InChI=1S/C12H15BrFNO2/c1-8(5-6-13)7-15-12(17)11-9(14)3-2-4-10(11)16/h2-4,8,16H,5-7H2,1H3,(H,15,17). The highest BCUT2D eigenvalue weighted by molar-refractivity contribution is 9.09. The molecule has 1 atom stereocenters. The number of carbonyl (C=O) groups excluding carboxylic acids is 1. The van der Waals surface area contributed by atoms with E-state index in [1.54, 1.807) is 0 Å². The third kappa shape index (κ3) is 4.00. The van der Waals surface area contributed by atoms with Crippen molar-refractivity contribution in [3.63, 3.8) is 0 Å². The third-order valence-electron chi connectivity index (χ3n) is 2.43. The Morgan fingerprint density at radius 3 is 2.88 bits per heavy atom. The van der Waals surface area contributed by atoms with Crippen LogP contribution >= 0.6 is 15.9 Å². The molecule has 3 nitrogen and oxygen atoms in total. The van der Waals surface area contributed by atoms with E-state index >= 15 is 0 Å². The van der Waals surface area contributed by atoms with E-state index in [-0.39, 0.29) is 11.3 Å². The number of nitrogens with one attached hydrogen (secondary N) is 1. The highest BCUT2D eigenvalue weighted by Crippen LogP contribution is 2.19. The first-order valence-corrected chi connectivity index (χ1v) is 6.50. The molecule has 0 aliphatic heterocycles. The van der Waals surface area contributed by atoms with E-state index < -0.39 is 11.7 Å². The normalized spacial score (nSPS) is 12.2. The van der Waals surface area contributed by atoms with Crippen molar-refractivity contribution in [3.8, 4) is 5.75 Å². The monoisotopic (exact) mass is 303 g/mol. The van der Waals surface area contributed by atoms with Crippen LogP contribution in [0, 0.1) is 11.7 Å². The molecule has 0 fully saturated rings. The molecule has 0 spiro atoms. The van der Waals surface area contributed by atoms with Gasteiger partial charge in [-0.2, -0.15) is 0 Å². The van der Waals surface area contributed by atoms with Crippen LogP contribution in [0.1, 0.15) is 23.7 Å². The van der Waals surface area contributed by atoms with Gasteiger partial charge in [-0.3, -0.25) is 4.79 Å². The molecule has 1 aromatic carbocycles. The Morgan fingerprint density at radius 2 is 2.29 bits per heavy atom. The summed E-state index contributed by atoms with van der Waals surface area (Å²) in [6.07, 6.45) is 0.920. The molecule has 1 rings (SSSR count). The lowest BCUT2D eigenvalue weighted by Crippen LogP contribution is -2.29. The molecule has 0 saturated heterocycles. The quantitative estimate of drug-likeness (QED) is 0.822.